The highest BCUT2D eigenvalue weighted by Crippen LogP contribution is 1.96. The fraction of sp³-hybridized carbons (Fsp3) is 1.00. The van der Waals surface area contributed by atoms with E-state index in [2.05, 4.69) is 20.8 Å². The van der Waals surface area contributed by atoms with Gasteiger partial charge in [0.05, 0.1) is 0 Å². The Bertz CT molecular complexity index is 118. The minimum absolute atomic E-state index is 0.167. The Morgan fingerprint density at radius 3 is 1.00 bits per heavy atom. The van der Waals surface area contributed by atoms with Gasteiger partial charge >= 0.3 is 0 Å². The summed E-state index contributed by atoms with van der Waals surface area (Å²) in [5.74, 6) is 0. The van der Waals surface area contributed by atoms with Gasteiger partial charge in [0.2, 0.25) is 0 Å². The van der Waals surface area contributed by atoms with Gasteiger partial charge in [-0.25, -0.2) is 0 Å². The molecule has 0 heterocycles. The number of rotatable bonds is 9. The van der Waals surface area contributed by atoms with Crippen molar-refractivity contribution in [3.8, 4) is 0 Å². The highest BCUT2D eigenvalue weighted by molar-refractivity contribution is 4.35. The summed E-state index contributed by atoms with van der Waals surface area (Å²) >= 11 is 0. The predicted octanol–water partition coefficient (Wildman–Crippen LogP) is 3.89. The molecule has 0 atom stereocenters. The molecule has 0 bridgehead atoms. The van der Waals surface area contributed by atoms with Crippen LogP contribution in [0.2, 0.25) is 0 Å². The fourth-order valence-electron chi connectivity index (χ4n) is 1.06. The number of aliphatic hydroxyl groups excluding tert-OH is 4. The van der Waals surface area contributed by atoms with E-state index in [0.717, 1.165) is 32.1 Å². The molecule has 0 aromatic heterocycles. The second-order valence-electron chi connectivity index (χ2n) is 5.39. The Kier molecular flexibility index (Phi) is 50.5. The van der Waals surface area contributed by atoms with Gasteiger partial charge in [0.15, 0.2) is 0 Å². The Balaban J connectivity index is -0.000000100. The lowest BCUT2D eigenvalue weighted by molar-refractivity contribution is 0.216. The van der Waals surface area contributed by atoms with E-state index in [-0.39, 0.29) is 6.10 Å². The molecule has 0 saturated carbocycles. The van der Waals surface area contributed by atoms with Gasteiger partial charge in [0, 0.05) is 25.9 Å². The van der Waals surface area contributed by atoms with Crippen molar-refractivity contribution >= 4 is 0 Å². The largest absolute Gasteiger partial charge is 0.396 e. The Morgan fingerprint density at radius 1 is 0.545 bits per heavy atom. The molecule has 0 spiro atoms. The molecule has 4 N–H and O–H groups in total. The monoisotopic (exact) mass is 324 g/mol. The van der Waals surface area contributed by atoms with Crippen molar-refractivity contribution in [3.05, 3.63) is 0 Å². The van der Waals surface area contributed by atoms with E-state index in [1.807, 2.05) is 0 Å². The van der Waals surface area contributed by atoms with Crippen LogP contribution in [0.25, 0.3) is 0 Å². The molecule has 4 nitrogen and oxygen atoms in total. The van der Waals surface area contributed by atoms with Gasteiger partial charge in [-0.3, -0.25) is 0 Å². The van der Waals surface area contributed by atoms with Crippen LogP contribution in [-0.4, -0.2) is 46.4 Å². The van der Waals surface area contributed by atoms with Crippen molar-refractivity contribution in [2.45, 2.75) is 98.5 Å². The van der Waals surface area contributed by atoms with Crippen molar-refractivity contribution in [1.82, 2.24) is 0 Å². The Hall–Kier alpha value is -0.160. The molecule has 0 aliphatic heterocycles. The zero-order chi connectivity index (χ0) is 18.1. The SMILES string of the molecule is CC(C)O.CCCCCCO.CCCCCO.CCCCO. The second-order valence-corrected chi connectivity index (χ2v) is 5.39. The van der Waals surface area contributed by atoms with E-state index in [4.69, 9.17) is 20.4 Å². The molecule has 0 saturated heterocycles. The quantitative estimate of drug-likeness (QED) is 0.485. The van der Waals surface area contributed by atoms with Crippen LogP contribution in [0, 0.1) is 0 Å². The summed E-state index contributed by atoms with van der Waals surface area (Å²) < 4.78 is 0. The number of hydrogen-bond donors (Lipinski definition) is 4. The van der Waals surface area contributed by atoms with Crippen molar-refractivity contribution in [3.63, 3.8) is 0 Å². The van der Waals surface area contributed by atoms with Gasteiger partial charge in [0.1, 0.15) is 0 Å². The first-order valence-corrected chi connectivity index (χ1v) is 8.98. The van der Waals surface area contributed by atoms with E-state index in [0.29, 0.717) is 19.8 Å². The predicted molar refractivity (Wildman–Crippen MR) is 97.2 cm³/mol. The molecule has 22 heavy (non-hydrogen) atoms. The van der Waals surface area contributed by atoms with Gasteiger partial charge in [0.25, 0.3) is 0 Å². The van der Waals surface area contributed by atoms with E-state index in [1.165, 1.54) is 25.7 Å². The van der Waals surface area contributed by atoms with Gasteiger partial charge in [-0.05, 0) is 33.1 Å². The molecule has 0 fully saturated rings. The first kappa shape index (κ1) is 29.8. The molecule has 0 aromatic carbocycles. The summed E-state index contributed by atoms with van der Waals surface area (Å²) in [5, 5.41) is 32.6. The normalized spacial score (nSPS) is 9.00. The summed E-state index contributed by atoms with van der Waals surface area (Å²) in [4.78, 5) is 0. The average molecular weight is 325 g/mol. The number of hydrogen-bond acceptors (Lipinski definition) is 4. The van der Waals surface area contributed by atoms with Crippen LogP contribution in [0.4, 0.5) is 0 Å². The van der Waals surface area contributed by atoms with Crippen LogP contribution in [-0.2, 0) is 0 Å². The summed E-state index contributed by atoms with van der Waals surface area (Å²) in [6.07, 6.45) is 9.88. The maximum Gasteiger partial charge on any atom is 0.0483 e. The standard InChI is InChI=1S/C6H14O.C5H12O.C4H10O.C3H8O/c1-2-3-4-5-6-7;1-2-3-4-5-6;1-2-3-4-5;1-3(2)4/h7H,2-6H2,1H3;6H,2-5H2,1H3;5H,2-4H2,1H3;3-4H,1-2H3. The molecule has 0 aromatic rings. The summed E-state index contributed by atoms with van der Waals surface area (Å²) in [6, 6.07) is 0. The summed E-state index contributed by atoms with van der Waals surface area (Å²) in [7, 11) is 0. The highest BCUT2D eigenvalue weighted by atomic mass is 16.3. The third-order valence-corrected chi connectivity index (χ3v) is 2.29. The van der Waals surface area contributed by atoms with Crippen LogP contribution in [0.1, 0.15) is 92.4 Å². The van der Waals surface area contributed by atoms with Crippen molar-refractivity contribution in [2.75, 3.05) is 19.8 Å². The van der Waals surface area contributed by atoms with Crippen LogP contribution in [0.3, 0.4) is 0 Å². The molecule has 0 aliphatic carbocycles. The molecule has 4 heteroatoms. The van der Waals surface area contributed by atoms with E-state index >= 15 is 0 Å². The van der Waals surface area contributed by atoms with Crippen LogP contribution in [0.5, 0.6) is 0 Å². The molecule has 0 unspecified atom stereocenters. The Morgan fingerprint density at radius 2 is 0.818 bits per heavy atom. The zero-order valence-electron chi connectivity index (χ0n) is 15.9. The zero-order valence-corrected chi connectivity index (χ0v) is 15.9. The van der Waals surface area contributed by atoms with Crippen molar-refractivity contribution in [1.29, 1.82) is 0 Å². The molecule has 0 amide bonds. The Labute approximate surface area is 139 Å². The van der Waals surface area contributed by atoms with E-state index in [1.54, 1.807) is 13.8 Å². The third-order valence-electron chi connectivity index (χ3n) is 2.29. The maximum absolute atomic E-state index is 8.29. The van der Waals surface area contributed by atoms with E-state index in [9.17, 15) is 0 Å². The molecule has 140 valence electrons. The van der Waals surface area contributed by atoms with E-state index < -0.39 is 0 Å². The molecule has 0 aliphatic rings. The lowest BCUT2D eigenvalue weighted by Gasteiger charge is -1.90. The minimum Gasteiger partial charge on any atom is -0.396 e. The number of aliphatic hydroxyl groups is 4. The molecular formula is C18H44O4. The van der Waals surface area contributed by atoms with Gasteiger partial charge in [-0.1, -0.05) is 59.3 Å². The lowest BCUT2D eigenvalue weighted by Crippen LogP contribution is -1.85. The van der Waals surface area contributed by atoms with Crippen molar-refractivity contribution < 1.29 is 20.4 Å². The summed E-state index contributed by atoms with van der Waals surface area (Å²) in [5.41, 5.74) is 0. The number of unbranched alkanes of at least 4 members (excludes halogenated alkanes) is 6. The fourth-order valence-corrected chi connectivity index (χ4v) is 1.06. The average Bonchev–Trinajstić information content (AvgIpc) is 2.47. The van der Waals surface area contributed by atoms with Crippen LogP contribution >= 0.6 is 0 Å². The van der Waals surface area contributed by atoms with Crippen LogP contribution in [0.15, 0.2) is 0 Å². The molecular weight excluding hydrogens is 280 g/mol. The third kappa shape index (κ3) is 90.1. The van der Waals surface area contributed by atoms with Gasteiger partial charge in [-0.15, -0.1) is 0 Å². The first-order chi connectivity index (χ1) is 10.5. The first-order valence-electron chi connectivity index (χ1n) is 8.98. The second kappa shape index (κ2) is 37.2. The van der Waals surface area contributed by atoms with Gasteiger partial charge in [-0.2, -0.15) is 0 Å². The van der Waals surface area contributed by atoms with Crippen molar-refractivity contribution in [2.24, 2.45) is 0 Å². The molecule has 0 radical (unpaired) electrons. The lowest BCUT2D eigenvalue weighted by atomic mass is 10.2. The maximum atomic E-state index is 8.29. The minimum atomic E-state index is -0.167. The van der Waals surface area contributed by atoms with Crippen LogP contribution < -0.4 is 0 Å². The van der Waals surface area contributed by atoms with Gasteiger partial charge < -0.3 is 20.4 Å². The molecule has 0 rings (SSSR count). The topological polar surface area (TPSA) is 80.9 Å². The highest BCUT2D eigenvalue weighted by Gasteiger charge is 1.81. The summed E-state index contributed by atoms with van der Waals surface area (Å²) in [6.45, 7) is 10.8. The smallest absolute Gasteiger partial charge is 0.0483 e.